The predicted octanol–water partition coefficient (Wildman–Crippen LogP) is 2.91. The average molecular weight is 324 g/mol. The molecule has 24 heavy (non-hydrogen) atoms. The topological polar surface area (TPSA) is 41.6 Å². The molecule has 0 amide bonds. The fourth-order valence-corrected chi connectivity index (χ4v) is 6.20. The number of rotatable bonds is 2. The number of anilines is 1. The van der Waals surface area contributed by atoms with Crippen LogP contribution in [0.5, 0.6) is 0 Å². The van der Waals surface area contributed by atoms with E-state index in [-0.39, 0.29) is 11.4 Å². The quantitative estimate of drug-likeness (QED) is 0.850. The van der Waals surface area contributed by atoms with E-state index in [0.29, 0.717) is 17.9 Å². The number of piperidine rings is 1. The number of nitrogens with one attached hydrogen (secondary N) is 1. The molecule has 1 N–H and O–H groups in total. The van der Waals surface area contributed by atoms with Crippen molar-refractivity contribution in [1.82, 2.24) is 4.90 Å². The van der Waals surface area contributed by atoms with Crippen molar-refractivity contribution in [2.45, 2.75) is 37.6 Å². The number of carbonyl (C=O) groups is 1. The second-order valence-corrected chi connectivity index (χ2v) is 7.62. The molecule has 4 heteroatoms. The Morgan fingerprint density at radius 2 is 2.21 bits per heavy atom. The lowest BCUT2D eigenvalue weighted by Gasteiger charge is -2.52. The summed E-state index contributed by atoms with van der Waals surface area (Å²) in [5.74, 6) is 0.728. The van der Waals surface area contributed by atoms with Crippen LogP contribution in [-0.4, -0.2) is 37.1 Å². The maximum atomic E-state index is 12.8. The Morgan fingerprint density at radius 3 is 3.00 bits per heavy atom. The first-order valence-electron chi connectivity index (χ1n) is 9.16. The summed E-state index contributed by atoms with van der Waals surface area (Å²) >= 11 is 0. The number of hydrogen-bond donors (Lipinski definition) is 1. The SMILES string of the molecule is CC[C@@H]1[C@@H]2N3CC[C@H]1C(C(=O)OC)=C1Nc4ccccc4[C@]12CC3. The summed E-state index contributed by atoms with van der Waals surface area (Å²) < 4.78 is 5.23. The van der Waals surface area contributed by atoms with Gasteiger partial charge < -0.3 is 10.1 Å². The fraction of sp³-hybridized carbons (Fsp3) is 0.550. The van der Waals surface area contributed by atoms with Gasteiger partial charge in [-0.2, -0.15) is 0 Å². The van der Waals surface area contributed by atoms with E-state index in [9.17, 15) is 4.79 Å². The number of fused-ring (bicyclic) bond motifs is 2. The van der Waals surface area contributed by atoms with Gasteiger partial charge in [-0.1, -0.05) is 31.5 Å². The maximum Gasteiger partial charge on any atom is 0.335 e. The smallest absolute Gasteiger partial charge is 0.335 e. The third-order valence-electron chi connectivity index (χ3n) is 6.97. The second-order valence-electron chi connectivity index (χ2n) is 7.62. The van der Waals surface area contributed by atoms with Crippen LogP contribution in [0.15, 0.2) is 35.5 Å². The van der Waals surface area contributed by atoms with Gasteiger partial charge in [0.25, 0.3) is 0 Å². The van der Waals surface area contributed by atoms with E-state index in [0.717, 1.165) is 43.6 Å². The molecule has 1 aliphatic carbocycles. The Bertz CT molecular complexity index is 756. The molecule has 2 fully saturated rings. The highest BCUT2D eigenvalue weighted by Crippen LogP contribution is 2.62. The van der Waals surface area contributed by atoms with E-state index >= 15 is 0 Å². The molecular formula is C20H24N2O2. The van der Waals surface area contributed by atoms with Crippen molar-refractivity contribution in [3.63, 3.8) is 0 Å². The Hall–Kier alpha value is -1.81. The molecule has 3 aliphatic heterocycles. The molecule has 2 bridgehead atoms. The molecule has 4 aliphatic rings. The zero-order valence-electron chi connectivity index (χ0n) is 14.3. The molecule has 1 aromatic carbocycles. The molecule has 0 radical (unpaired) electrons. The zero-order chi connectivity index (χ0) is 16.5. The highest BCUT2D eigenvalue weighted by molar-refractivity contribution is 5.93. The van der Waals surface area contributed by atoms with Gasteiger partial charge in [0.15, 0.2) is 0 Å². The second kappa shape index (κ2) is 4.85. The van der Waals surface area contributed by atoms with Crippen LogP contribution in [0, 0.1) is 11.8 Å². The molecular weight excluding hydrogens is 300 g/mol. The maximum absolute atomic E-state index is 12.8. The third-order valence-corrected chi connectivity index (χ3v) is 6.97. The Morgan fingerprint density at radius 1 is 1.38 bits per heavy atom. The van der Waals surface area contributed by atoms with Crippen LogP contribution >= 0.6 is 0 Å². The van der Waals surface area contributed by atoms with Gasteiger partial charge in [-0.05, 0) is 49.4 Å². The molecule has 1 spiro atoms. The lowest BCUT2D eigenvalue weighted by molar-refractivity contribution is -0.138. The van der Waals surface area contributed by atoms with Gasteiger partial charge in [-0.15, -0.1) is 0 Å². The van der Waals surface area contributed by atoms with E-state index in [2.05, 4.69) is 41.4 Å². The van der Waals surface area contributed by atoms with Crippen LogP contribution in [0.2, 0.25) is 0 Å². The summed E-state index contributed by atoms with van der Waals surface area (Å²) in [5.41, 5.74) is 4.60. The number of benzene rings is 1. The summed E-state index contributed by atoms with van der Waals surface area (Å²) in [7, 11) is 1.52. The standard InChI is InChI=1S/C20H24N2O2/c1-3-12-13-8-10-22-11-9-20(18(12)22)14-6-4-5-7-15(14)21-17(20)16(13)19(23)24-2/h4-7,12-13,18,21H,3,8-11H2,1-2H3/t12-,13+,18-,20+/m0/s1. The van der Waals surface area contributed by atoms with Crippen LogP contribution in [0.4, 0.5) is 5.69 Å². The lowest BCUT2D eigenvalue weighted by atomic mass is 9.57. The van der Waals surface area contributed by atoms with E-state index in [4.69, 9.17) is 4.74 Å². The Balaban J connectivity index is 1.83. The third kappa shape index (κ3) is 1.51. The van der Waals surface area contributed by atoms with E-state index in [1.165, 1.54) is 18.4 Å². The molecule has 0 saturated carbocycles. The lowest BCUT2D eigenvalue weighted by Crippen LogP contribution is -2.58. The molecule has 4 nitrogen and oxygen atoms in total. The molecule has 5 rings (SSSR count). The van der Waals surface area contributed by atoms with Gasteiger partial charge in [0.2, 0.25) is 0 Å². The van der Waals surface area contributed by atoms with Crippen LogP contribution in [0.3, 0.4) is 0 Å². The number of hydrogen-bond acceptors (Lipinski definition) is 4. The van der Waals surface area contributed by atoms with Crippen molar-refractivity contribution in [2.24, 2.45) is 11.8 Å². The summed E-state index contributed by atoms with van der Waals surface area (Å²) in [6, 6.07) is 9.14. The summed E-state index contributed by atoms with van der Waals surface area (Å²) in [4.78, 5) is 15.4. The fourth-order valence-electron chi connectivity index (χ4n) is 6.20. The van der Waals surface area contributed by atoms with Crippen molar-refractivity contribution in [3.05, 3.63) is 41.1 Å². The van der Waals surface area contributed by atoms with Crippen molar-refractivity contribution in [2.75, 3.05) is 25.5 Å². The minimum atomic E-state index is -0.132. The van der Waals surface area contributed by atoms with E-state index in [1.807, 2.05) is 0 Å². The van der Waals surface area contributed by atoms with Gasteiger partial charge in [-0.3, -0.25) is 4.90 Å². The molecule has 0 aromatic heterocycles. The van der Waals surface area contributed by atoms with Crippen LogP contribution < -0.4 is 5.32 Å². The number of carbonyl (C=O) groups excluding carboxylic acids is 1. The monoisotopic (exact) mass is 324 g/mol. The first-order valence-corrected chi connectivity index (χ1v) is 9.16. The number of methoxy groups -OCH3 is 1. The largest absolute Gasteiger partial charge is 0.466 e. The Kier molecular flexibility index (Phi) is 2.94. The molecule has 2 saturated heterocycles. The normalized spacial score (nSPS) is 36.2. The predicted molar refractivity (Wildman–Crippen MR) is 92.7 cm³/mol. The molecule has 126 valence electrons. The first kappa shape index (κ1) is 14.5. The van der Waals surface area contributed by atoms with Gasteiger partial charge in [0, 0.05) is 17.4 Å². The Labute approximate surface area is 142 Å². The molecule has 1 aromatic rings. The molecule has 4 atom stereocenters. The minimum Gasteiger partial charge on any atom is -0.466 e. The highest BCUT2D eigenvalue weighted by Gasteiger charge is 2.64. The number of nitrogens with zero attached hydrogens (tertiary/aromatic N) is 1. The number of para-hydroxylation sites is 1. The van der Waals surface area contributed by atoms with Crippen LogP contribution in [0.25, 0.3) is 0 Å². The van der Waals surface area contributed by atoms with E-state index in [1.54, 1.807) is 0 Å². The van der Waals surface area contributed by atoms with Crippen molar-refractivity contribution >= 4 is 11.7 Å². The van der Waals surface area contributed by atoms with Crippen molar-refractivity contribution < 1.29 is 9.53 Å². The van der Waals surface area contributed by atoms with Crippen LogP contribution in [0.1, 0.15) is 31.7 Å². The van der Waals surface area contributed by atoms with Gasteiger partial charge >= 0.3 is 5.97 Å². The highest BCUT2D eigenvalue weighted by atomic mass is 16.5. The summed E-state index contributed by atoms with van der Waals surface area (Å²) in [6.45, 7) is 4.51. The zero-order valence-corrected chi connectivity index (χ0v) is 14.3. The average Bonchev–Trinajstić information content (AvgIpc) is 3.17. The summed E-state index contributed by atoms with van der Waals surface area (Å²) in [6.07, 6.45) is 3.28. The number of ether oxygens (including phenoxy) is 1. The van der Waals surface area contributed by atoms with Gasteiger partial charge in [0.1, 0.15) is 0 Å². The van der Waals surface area contributed by atoms with Crippen LogP contribution in [-0.2, 0) is 14.9 Å². The van der Waals surface area contributed by atoms with Gasteiger partial charge in [-0.25, -0.2) is 4.79 Å². The minimum absolute atomic E-state index is 0.0439. The first-order chi connectivity index (χ1) is 11.7. The summed E-state index contributed by atoms with van der Waals surface area (Å²) in [5, 5.41) is 3.65. The van der Waals surface area contributed by atoms with Crippen molar-refractivity contribution in [3.8, 4) is 0 Å². The number of esters is 1. The van der Waals surface area contributed by atoms with Crippen molar-refractivity contribution in [1.29, 1.82) is 0 Å². The van der Waals surface area contributed by atoms with Gasteiger partial charge in [0.05, 0.1) is 18.1 Å². The van der Waals surface area contributed by atoms with E-state index < -0.39 is 0 Å². The molecule has 0 unspecified atom stereocenters. The molecule has 3 heterocycles.